The second-order valence-corrected chi connectivity index (χ2v) is 4.35. The van der Waals surface area contributed by atoms with Crippen LogP contribution in [0.1, 0.15) is 12.5 Å². The van der Waals surface area contributed by atoms with Crippen molar-refractivity contribution < 1.29 is 5.11 Å². The van der Waals surface area contributed by atoms with Gasteiger partial charge >= 0.3 is 0 Å². The highest BCUT2D eigenvalue weighted by molar-refractivity contribution is 5.84. The summed E-state index contributed by atoms with van der Waals surface area (Å²) >= 11 is 0. The van der Waals surface area contributed by atoms with E-state index in [-0.39, 0.29) is 18.6 Å². The zero-order chi connectivity index (χ0) is 11.8. The van der Waals surface area contributed by atoms with E-state index in [9.17, 15) is 0 Å². The van der Waals surface area contributed by atoms with Crippen LogP contribution in [0.3, 0.4) is 0 Å². The predicted molar refractivity (Wildman–Crippen MR) is 65.3 cm³/mol. The largest absolute Gasteiger partial charge is 0.396 e. The molecule has 2 aromatic heterocycles. The van der Waals surface area contributed by atoms with E-state index in [1.807, 2.05) is 6.07 Å². The predicted octanol–water partition coefficient (Wildman–Crippen LogP) is 1.12. The minimum absolute atomic E-state index is 0.198. The molecule has 0 radical (unpaired) electrons. The third-order valence-electron chi connectivity index (χ3n) is 3.26. The molecule has 17 heavy (non-hydrogen) atoms. The molecule has 0 fully saturated rings. The molecule has 0 bridgehead atoms. The SMILES string of the molecule is Nc1nccc2c1ncn2[C@@H]1C=C[C@@H](CO)C1. The molecule has 2 aromatic rings. The molecule has 3 rings (SSSR count). The Balaban J connectivity index is 2.02. The van der Waals surface area contributed by atoms with Gasteiger partial charge in [0.15, 0.2) is 5.82 Å². The molecule has 0 aliphatic heterocycles. The third kappa shape index (κ3) is 1.59. The molecule has 0 aromatic carbocycles. The normalized spacial score (nSPS) is 23.6. The van der Waals surface area contributed by atoms with Crippen molar-refractivity contribution in [3.05, 3.63) is 30.7 Å². The molecule has 3 N–H and O–H groups in total. The summed E-state index contributed by atoms with van der Waals surface area (Å²) in [7, 11) is 0. The number of allylic oxidation sites excluding steroid dienone is 1. The van der Waals surface area contributed by atoms with E-state index in [4.69, 9.17) is 10.8 Å². The lowest BCUT2D eigenvalue weighted by atomic mass is 10.1. The van der Waals surface area contributed by atoms with Gasteiger partial charge in [0, 0.05) is 18.7 Å². The topological polar surface area (TPSA) is 77.0 Å². The Kier molecular flexibility index (Phi) is 2.33. The third-order valence-corrected chi connectivity index (χ3v) is 3.26. The Morgan fingerprint density at radius 2 is 2.29 bits per heavy atom. The van der Waals surface area contributed by atoms with Gasteiger partial charge in [0.05, 0.1) is 17.9 Å². The monoisotopic (exact) mass is 230 g/mol. The maximum Gasteiger partial charge on any atom is 0.151 e. The number of rotatable bonds is 2. The number of nitrogen functional groups attached to an aromatic ring is 1. The number of anilines is 1. The Hall–Kier alpha value is -1.88. The minimum atomic E-state index is 0.198. The van der Waals surface area contributed by atoms with Gasteiger partial charge in [-0.25, -0.2) is 9.97 Å². The smallest absolute Gasteiger partial charge is 0.151 e. The standard InChI is InChI=1S/C12H14N4O/c13-12-11-10(3-4-14-12)16(7-15-11)9-2-1-8(5-9)6-17/h1-4,7-9,17H,5-6H2,(H2,13,14)/t8-,9-/m1/s1. The minimum Gasteiger partial charge on any atom is -0.396 e. The Morgan fingerprint density at radius 1 is 1.41 bits per heavy atom. The number of nitrogens with zero attached hydrogens (tertiary/aromatic N) is 3. The van der Waals surface area contributed by atoms with Crippen molar-refractivity contribution in [2.75, 3.05) is 12.3 Å². The highest BCUT2D eigenvalue weighted by atomic mass is 16.3. The Labute approximate surface area is 98.6 Å². The van der Waals surface area contributed by atoms with E-state index in [1.54, 1.807) is 12.5 Å². The van der Waals surface area contributed by atoms with Crippen LogP contribution in [0.25, 0.3) is 11.0 Å². The Morgan fingerprint density at radius 3 is 3.06 bits per heavy atom. The summed E-state index contributed by atoms with van der Waals surface area (Å²) < 4.78 is 2.08. The molecule has 2 heterocycles. The van der Waals surface area contributed by atoms with Gasteiger partial charge in [0.25, 0.3) is 0 Å². The number of hydrogen-bond acceptors (Lipinski definition) is 4. The van der Waals surface area contributed by atoms with Crippen molar-refractivity contribution in [3.8, 4) is 0 Å². The van der Waals surface area contributed by atoms with E-state index in [1.165, 1.54) is 0 Å². The number of imidazole rings is 1. The highest BCUT2D eigenvalue weighted by Crippen LogP contribution is 2.30. The van der Waals surface area contributed by atoms with Gasteiger partial charge in [-0.15, -0.1) is 0 Å². The van der Waals surface area contributed by atoms with Crippen molar-refractivity contribution in [1.82, 2.24) is 14.5 Å². The molecule has 1 aliphatic rings. The molecule has 0 unspecified atom stereocenters. The maximum atomic E-state index is 9.13. The summed E-state index contributed by atoms with van der Waals surface area (Å²) in [5.41, 5.74) is 7.51. The summed E-state index contributed by atoms with van der Waals surface area (Å²) in [5.74, 6) is 0.707. The molecular weight excluding hydrogens is 216 g/mol. The molecule has 2 atom stereocenters. The zero-order valence-electron chi connectivity index (χ0n) is 9.32. The van der Waals surface area contributed by atoms with Crippen molar-refractivity contribution in [2.45, 2.75) is 12.5 Å². The fourth-order valence-electron chi connectivity index (χ4n) is 2.34. The molecule has 5 heteroatoms. The molecule has 5 nitrogen and oxygen atoms in total. The molecule has 88 valence electrons. The fourth-order valence-corrected chi connectivity index (χ4v) is 2.34. The Bertz CT molecular complexity index is 575. The van der Waals surface area contributed by atoms with Crippen LogP contribution < -0.4 is 5.73 Å². The van der Waals surface area contributed by atoms with Crippen LogP contribution in [0.5, 0.6) is 0 Å². The number of nitrogens with two attached hydrogens (primary N) is 1. The quantitative estimate of drug-likeness (QED) is 0.758. The van der Waals surface area contributed by atoms with Crippen LogP contribution in [0, 0.1) is 5.92 Å². The fraction of sp³-hybridized carbons (Fsp3) is 0.333. The van der Waals surface area contributed by atoms with Gasteiger partial charge in [0.2, 0.25) is 0 Å². The average molecular weight is 230 g/mol. The second-order valence-electron chi connectivity index (χ2n) is 4.35. The van der Waals surface area contributed by atoms with Crippen LogP contribution in [0.2, 0.25) is 0 Å². The van der Waals surface area contributed by atoms with Crippen molar-refractivity contribution >= 4 is 16.9 Å². The van der Waals surface area contributed by atoms with Crippen LogP contribution in [0.4, 0.5) is 5.82 Å². The number of aliphatic hydroxyl groups excluding tert-OH is 1. The summed E-state index contributed by atoms with van der Waals surface area (Å²) in [6.45, 7) is 0.198. The first kappa shape index (κ1) is 10.3. The van der Waals surface area contributed by atoms with Crippen LogP contribution >= 0.6 is 0 Å². The number of fused-ring (bicyclic) bond motifs is 1. The van der Waals surface area contributed by atoms with Crippen molar-refractivity contribution in [3.63, 3.8) is 0 Å². The molecule has 0 saturated carbocycles. The van der Waals surface area contributed by atoms with E-state index in [0.717, 1.165) is 17.5 Å². The maximum absolute atomic E-state index is 9.13. The van der Waals surface area contributed by atoms with Gasteiger partial charge in [-0.3, -0.25) is 0 Å². The summed E-state index contributed by atoms with van der Waals surface area (Å²) in [6.07, 6.45) is 8.55. The lowest BCUT2D eigenvalue weighted by molar-refractivity contribution is 0.244. The van der Waals surface area contributed by atoms with E-state index < -0.39 is 0 Å². The molecule has 0 saturated heterocycles. The summed E-state index contributed by atoms with van der Waals surface area (Å²) in [5, 5.41) is 9.13. The zero-order valence-corrected chi connectivity index (χ0v) is 9.32. The van der Waals surface area contributed by atoms with Gasteiger partial charge in [-0.05, 0) is 12.5 Å². The van der Waals surface area contributed by atoms with Gasteiger partial charge < -0.3 is 15.4 Å². The number of aromatic nitrogens is 3. The molecule has 1 aliphatic carbocycles. The number of aliphatic hydroxyl groups is 1. The summed E-state index contributed by atoms with van der Waals surface area (Å²) in [4.78, 5) is 8.32. The number of pyridine rings is 1. The highest BCUT2D eigenvalue weighted by Gasteiger charge is 2.21. The molecule has 0 spiro atoms. The second kappa shape index (κ2) is 3.85. The van der Waals surface area contributed by atoms with Gasteiger partial charge in [0.1, 0.15) is 5.52 Å². The van der Waals surface area contributed by atoms with Gasteiger partial charge in [-0.2, -0.15) is 0 Å². The van der Waals surface area contributed by atoms with E-state index >= 15 is 0 Å². The van der Waals surface area contributed by atoms with Gasteiger partial charge in [-0.1, -0.05) is 12.2 Å². The lowest BCUT2D eigenvalue weighted by Crippen LogP contribution is -2.07. The summed E-state index contributed by atoms with van der Waals surface area (Å²) in [6, 6.07) is 2.16. The van der Waals surface area contributed by atoms with E-state index in [0.29, 0.717) is 5.82 Å². The van der Waals surface area contributed by atoms with Crippen LogP contribution in [0.15, 0.2) is 30.7 Å². The molecular formula is C12H14N4O. The number of hydrogen-bond donors (Lipinski definition) is 2. The molecule has 0 amide bonds. The van der Waals surface area contributed by atoms with Crippen LogP contribution in [-0.4, -0.2) is 26.2 Å². The average Bonchev–Trinajstić information content (AvgIpc) is 2.94. The first-order chi connectivity index (χ1) is 8.29. The van der Waals surface area contributed by atoms with Crippen molar-refractivity contribution in [2.24, 2.45) is 5.92 Å². The first-order valence-corrected chi connectivity index (χ1v) is 5.66. The first-order valence-electron chi connectivity index (χ1n) is 5.66. The van der Waals surface area contributed by atoms with Crippen LogP contribution in [-0.2, 0) is 0 Å². The lowest BCUT2D eigenvalue weighted by Gasteiger charge is -2.12. The van der Waals surface area contributed by atoms with E-state index in [2.05, 4.69) is 26.7 Å². The van der Waals surface area contributed by atoms with Crippen molar-refractivity contribution in [1.29, 1.82) is 0 Å².